The largest absolute Gasteiger partial charge is 0.469 e. The maximum atomic E-state index is 13.3. The van der Waals surface area contributed by atoms with E-state index in [-0.39, 0.29) is 29.3 Å². The number of hydrogen-bond donors (Lipinski definition) is 1. The van der Waals surface area contributed by atoms with E-state index in [1.54, 1.807) is 11.3 Å². The molecule has 5 rings (SSSR count). The van der Waals surface area contributed by atoms with Crippen LogP contribution in [-0.2, 0) is 16.0 Å². The summed E-state index contributed by atoms with van der Waals surface area (Å²) in [6.45, 7) is 4.21. The second-order valence-corrected chi connectivity index (χ2v) is 12.5. The van der Waals surface area contributed by atoms with E-state index in [1.807, 2.05) is 0 Å². The van der Waals surface area contributed by atoms with E-state index in [4.69, 9.17) is 4.74 Å². The number of methoxy groups -OCH3 is 1. The van der Waals surface area contributed by atoms with E-state index in [2.05, 4.69) is 43.4 Å². The summed E-state index contributed by atoms with van der Waals surface area (Å²) in [5, 5.41) is 3.30. The van der Waals surface area contributed by atoms with Gasteiger partial charge in [0, 0.05) is 15.8 Å². The molecular formula is C29H37NO3S. The standard InChI is InChI=1S/C29H37NO3S/c1-18-25(13-20-9-11-22(12-10-20)21-7-5-4-6-8-21)26(19(2)34-18)27(31)30-24-16-29(17-24)14-23(15-29)28(32)33-3/h9-12,21,23-24H,4-8,13-17H2,1-3H3,(H,30,31). The average Bonchev–Trinajstić information content (AvgIpc) is 3.07. The van der Waals surface area contributed by atoms with Crippen LogP contribution in [0.5, 0.6) is 0 Å². The number of aryl methyl sites for hydroxylation is 2. The van der Waals surface area contributed by atoms with Gasteiger partial charge in [0.05, 0.1) is 18.6 Å². The van der Waals surface area contributed by atoms with Crippen molar-refractivity contribution in [3.8, 4) is 0 Å². The fourth-order valence-electron chi connectivity index (χ4n) is 6.79. The maximum absolute atomic E-state index is 13.3. The Morgan fingerprint density at radius 1 is 1.00 bits per heavy atom. The van der Waals surface area contributed by atoms with Gasteiger partial charge in [-0.2, -0.15) is 0 Å². The molecule has 1 spiro atoms. The number of thiophene rings is 1. The predicted octanol–water partition coefficient (Wildman–Crippen LogP) is 6.47. The quantitative estimate of drug-likeness (QED) is 0.484. The van der Waals surface area contributed by atoms with Gasteiger partial charge in [-0.3, -0.25) is 9.59 Å². The van der Waals surface area contributed by atoms with E-state index in [1.165, 1.54) is 60.8 Å². The molecule has 1 N–H and O–H groups in total. The Morgan fingerprint density at radius 2 is 1.68 bits per heavy atom. The Balaban J connectivity index is 1.21. The fraction of sp³-hybridized carbons (Fsp3) is 0.586. The molecule has 3 saturated carbocycles. The number of hydrogen-bond acceptors (Lipinski definition) is 4. The zero-order valence-corrected chi connectivity index (χ0v) is 21.6. The first kappa shape index (κ1) is 23.6. The Labute approximate surface area is 207 Å². The van der Waals surface area contributed by atoms with Crippen molar-refractivity contribution in [2.45, 2.75) is 90.0 Å². The first-order valence-electron chi connectivity index (χ1n) is 12.9. The molecule has 0 radical (unpaired) electrons. The van der Waals surface area contributed by atoms with Crippen LogP contribution in [0.25, 0.3) is 0 Å². The van der Waals surface area contributed by atoms with E-state index < -0.39 is 0 Å². The van der Waals surface area contributed by atoms with Crippen LogP contribution in [0.2, 0.25) is 0 Å². The summed E-state index contributed by atoms with van der Waals surface area (Å²) in [7, 11) is 1.46. The van der Waals surface area contributed by atoms with Gasteiger partial charge in [0.25, 0.3) is 5.91 Å². The van der Waals surface area contributed by atoms with Crippen molar-refractivity contribution in [3.05, 3.63) is 56.3 Å². The van der Waals surface area contributed by atoms with Gasteiger partial charge in [-0.1, -0.05) is 43.5 Å². The lowest BCUT2D eigenvalue weighted by Gasteiger charge is -2.56. The van der Waals surface area contributed by atoms with Crippen LogP contribution in [0.4, 0.5) is 0 Å². The normalized spacial score (nSPS) is 26.6. The number of carbonyl (C=O) groups excluding carboxylic acids is 2. The van der Waals surface area contributed by atoms with Gasteiger partial charge in [0.2, 0.25) is 0 Å². The smallest absolute Gasteiger partial charge is 0.308 e. The molecule has 3 fully saturated rings. The van der Waals surface area contributed by atoms with Gasteiger partial charge in [-0.15, -0.1) is 11.3 Å². The average molecular weight is 480 g/mol. The van der Waals surface area contributed by atoms with Crippen molar-refractivity contribution in [3.63, 3.8) is 0 Å². The molecule has 1 heterocycles. The van der Waals surface area contributed by atoms with Crippen LogP contribution in [0.3, 0.4) is 0 Å². The van der Waals surface area contributed by atoms with Crippen molar-refractivity contribution >= 4 is 23.2 Å². The Bertz CT molecular complexity index is 1050. The molecule has 1 aromatic heterocycles. The summed E-state index contributed by atoms with van der Waals surface area (Å²) < 4.78 is 4.87. The third kappa shape index (κ3) is 4.56. The van der Waals surface area contributed by atoms with Crippen molar-refractivity contribution < 1.29 is 14.3 Å². The monoisotopic (exact) mass is 479 g/mol. The van der Waals surface area contributed by atoms with E-state index in [0.29, 0.717) is 0 Å². The second kappa shape index (κ2) is 9.49. The first-order chi connectivity index (χ1) is 16.4. The van der Waals surface area contributed by atoms with Gasteiger partial charge >= 0.3 is 5.97 Å². The molecule has 2 aromatic rings. The van der Waals surface area contributed by atoms with E-state index in [0.717, 1.165) is 48.5 Å². The van der Waals surface area contributed by atoms with Crippen LogP contribution >= 0.6 is 11.3 Å². The number of benzene rings is 1. The number of amides is 1. The molecule has 0 saturated heterocycles. The first-order valence-corrected chi connectivity index (χ1v) is 13.8. The van der Waals surface area contributed by atoms with Crippen molar-refractivity contribution in [2.24, 2.45) is 11.3 Å². The Morgan fingerprint density at radius 3 is 2.32 bits per heavy atom. The third-order valence-electron chi connectivity index (χ3n) is 8.64. The highest BCUT2D eigenvalue weighted by atomic mass is 32.1. The maximum Gasteiger partial charge on any atom is 0.308 e. The highest BCUT2D eigenvalue weighted by Crippen LogP contribution is 2.59. The van der Waals surface area contributed by atoms with E-state index in [9.17, 15) is 9.59 Å². The summed E-state index contributed by atoms with van der Waals surface area (Å²) in [5.74, 6) is 0.761. The molecule has 5 heteroatoms. The zero-order chi connectivity index (χ0) is 23.9. The van der Waals surface area contributed by atoms with Crippen LogP contribution in [0.15, 0.2) is 24.3 Å². The van der Waals surface area contributed by atoms with Gasteiger partial charge in [0.1, 0.15) is 0 Å². The highest BCUT2D eigenvalue weighted by molar-refractivity contribution is 7.12. The number of carbonyl (C=O) groups is 2. The van der Waals surface area contributed by atoms with Gasteiger partial charge in [-0.25, -0.2) is 0 Å². The van der Waals surface area contributed by atoms with Gasteiger partial charge in [-0.05, 0) is 86.8 Å². The summed E-state index contributed by atoms with van der Waals surface area (Å²) >= 11 is 1.73. The molecule has 1 aromatic carbocycles. The molecule has 3 aliphatic carbocycles. The second-order valence-electron chi connectivity index (χ2n) is 11.0. The molecule has 0 bridgehead atoms. The number of rotatable bonds is 6. The summed E-state index contributed by atoms with van der Waals surface area (Å²) in [5.41, 5.74) is 5.05. The molecule has 182 valence electrons. The van der Waals surface area contributed by atoms with Crippen LogP contribution in [0.1, 0.15) is 101 Å². The van der Waals surface area contributed by atoms with Crippen molar-refractivity contribution in [2.75, 3.05) is 7.11 Å². The minimum Gasteiger partial charge on any atom is -0.469 e. The minimum atomic E-state index is -0.0844. The van der Waals surface area contributed by atoms with E-state index >= 15 is 0 Å². The fourth-order valence-corrected chi connectivity index (χ4v) is 7.86. The van der Waals surface area contributed by atoms with Crippen LogP contribution < -0.4 is 5.32 Å². The summed E-state index contributed by atoms with van der Waals surface area (Å²) in [6, 6.07) is 9.37. The topological polar surface area (TPSA) is 55.4 Å². The molecule has 0 unspecified atom stereocenters. The van der Waals surface area contributed by atoms with Crippen LogP contribution in [-0.4, -0.2) is 25.0 Å². The molecule has 34 heavy (non-hydrogen) atoms. The zero-order valence-electron chi connectivity index (χ0n) is 20.7. The lowest BCUT2D eigenvalue weighted by Crippen LogP contribution is -2.57. The van der Waals surface area contributed by atoms with Gasteiger partial charge in [0.15, 0.2) is 0 Å². The molecule has 1 amide bonds. The summed E-state index contributed by atoms with van der Waals surface area (Å²) in [4.78, 5) is 27.4. The van der Waals surface area contributed by atoms with Crippen molar-refractivity contribution in [1.82, 2.24) is 5.32 Å². The van der Waals surface area contributed by atoms with Crippen molar-refractivity contribution in [1.29, 1.82) is 0 Å². The molecule has 0 aliphatic heterocycles. The molecule has 3 aliphatic rings. The molecule has 0 atom stereocenters. The Hall–Kier alpha value is -2.14. The summed E-state index contributed by atoms with van der Waals surface area (Å²) in [6.07, 6.45) is 11.3. The van der Waals surface area contributed by atoms with Crippen LogP contribution in [0, 0.1) is 25.2 Å². The molecular weight excluding hydrogens is 442 g/mol. The highest BCUT2D eigenvalue weighted by Gasteiger charge is 2.55. The predicted molar refractivity (Wildman–Crippen MR) is 137 cm³/mol. The third-order valence-corrected chi connectivity index (χ3v) is 9.70. The minimum absolute atomic E-state index is 0.0551. The lowest BCUT2D eigenvalue weighted by molar-refractivity contribution is -0.159. The number of ether oxygens (including phenoxy) is 1. The number of esters is 1. The Kier molecular flexibility index (Phi) is 6.58. The number of nitrogens with one attached hydrogen (secondary N) is 1. The molecule has 4 nitrogen and oxygen atoms in total. The SMILES string of the molecule is COC(=O)C1CC2(CC(NC(=O)c3c(C)sc(C)c3Cc3ccc(C4CCCCC4)cc3)C2)C1. The van der Waals surface area contributed by atoms with Gasteiger partial charge < -0.3 is 10.1 Å². The lowest BCUT2D eigenvalue weighted by atomic mass is 9.50.